The number of nitrogens with one attached hydrogen (secondary N) is 1. The van der Waals surface area contributed by atoms with Gasteiger partial charge in [0, 0.05) is 23.3 Å². The molecule has 2 aliphatic rings. The Labute approximate surface area is 186 Å². The fourth-order valence-corrected chi connectivity index (χ4v) is 4.96. The van der Waals surface area contributed by atoms with Crippen LogP contribution < -0.4 is 19.5 Å². The number of allylic oxidation sites excluding steroid dienone is 2. The molecule has 0 spiro atoms. The molecule has 2 heterocycles. The molecule has 4 rings (SSSR count). The van der Waals surface area contributed by atoms with Crippen molar-refractivity contribution in [2.24, 2.45) is 5.41 Å². The Morgan fingerprint density at radius 3 is 2.55 bits per heavy atom. The van der Waals surface area contributed by atoms with Crippen LogP contribution >= 0.6 is 11.8 Å². The molecule has 0 saturated heterocycles. The van der Waals surface area contributed by atoms with Crippen LogP contribution in [-0.4, -0.2) is 47.6 Å². The summed E-state index contributed by atoms with van der Waals surface area (Å²) in [6, 6.07) is 3.27. The number of thioether (sulfide) groups is 1. The molecule has 1 aromatic carbocycles. The number of carbonyl (C=O) groups is 1. The van der Waals surface area contributed by atoms with Crippen LogP contribution in [0.4, 0.5) is 5.95 Å². The SMILES string of the molecule is CCSc1nc2n(n1)[C@H](c1ccc(OC)c(OC)c1OC)C1=C(CC(C)(C)CC1=O)N2. The van der Waals surface area contributed by atoms with Gasteiger partial charge in [0.05, 0.1) is 21.3 Å². The first-order valence-electron chi connectivity index (χ1n) is 10.2. The second-order valence-corrected chi connectivity index (χ2v) is 9.61. The maximum atomic E-state index is 13.4. The number of fused-ring (bicyclic) bond motifs is 1. The first kappa shape index (κ1) is 21.5. The highest BCUT2D eigenvalue weighted by atomic mass is 32.2. The van der Waals surface area contributed by atoms with Crippen molar-refractivity contribution in [3.63, 3.8) is 0 Å². The molecule has 31 heavy (non-hydrogen) atoms. The molecule has 0 radical (unpaired) electrons. The molecule has 1 aromatic heterocycles. The van der Waals surface area contributed by atoms with Crippen molar-refractivity contribution in [1.29, 1.82) is 0 Å². The molecule has 0 fully saturated rings. The Kier molecular flexibility index (Phi) is 5.63. The van der Waals surface area contributed by atoms with Crippen LogP contribution in [0.1, 0.15) is 45.2 Å². The van der Waals surface area contributed by atoms with Gasteiger partial charge in [0.15, 0.2) is 17.3 Å². The van der Waals surface area contributed by atoms with Crippen molar-refractivity contribution in [1.82, 2.24) is 14.8 Å². The Morgan fingerprint density at radius 2 is 1.90 bits per heavy atom. The Balaban J connectivity index is 1.96. The number of hydrogen-bond acceptors (Lipinski definition) is 8. The molecular weight excluding hydrogens is 416 g/mol. The lowest BCUT2D eigenvalue weighted by Gasteiger charge is -2.38. The van der Waals surface area contributed by atoms with Crippen molar-refractivity contribution < 1.29 is 19.0 Å². The third-order valence-electron chi connectivity index (χ3n) is 5.62. The van der Waals surface area contributed by atoms with Gasteiger partial charge in [0.25, 0.3) is 0 Å². The minimum absolute atomic E-state index is 0.103. The van der Waals surface area contributed by atoms with E-state index in [2.05, 4.69) is 31.1 Å². The van der Waals surface area contributed by atoms with E-state index in [0.29, 0.717) is 40.3 Å². The second kappa shape index (κ2) is 8.11. The number of aromatic nitrogens is 3. The number of Topliss-reactive ketones (excluding diaryl/α,β-unsaturated/α-hetero) is 1. The number of rotatable bonds is 6. The molecule has 0 amide bonds. The highest BCUT2D eigenvalue weighted by molar-refractivity contribution is 7.99. The van der Waals surface area contributed by atoms with Gasteiger partial charge in [-0.15, -0.1) is 5.10 Å². The van der Waals surface area contributed by atoms with Crippen LogP contribution in [0.3, 0.4) is 0 Å². The summed E-state index contributed by atoms with van der Waals surface area (Å²) in [4.78, 5) is 18.1. The fraction of sp³-hybridized carbons (Fsp3) is 0.500. The van der Waals surface area contributed by atoms with Crippen LogP contribution in [-0.2, 0) is 4.79 Å². The molecule has 1 N–H and O–H groups in total. The normalized spacial score (nSPS) is 19.4. The smallest absolute Gasteiger partial charge is 0.227 e. The quantitative estimate of drug-likeness (QED) is 0.667. The van der Waals surface area contributed by atoms with Gasteiger partial charge in [0.1, 0.15) is 6.04 Å². The van der Waals surface area contributed by atoms with Gasteiger partial charge in [-0.3, -0.25) is 4.79 Å². The highest BCUT2D eigenvalue weighted by Crippen LogP contribution is 2.50. The van der Waals surface area contributed by atoms with Crippen molar-refractivity contribution in [3.05, 3.63) is 29.0 Å². The van der Waals surface area contributed by atoms with Crippen LogP contribution in [0.15, 0.2) is 28.6 Å². The van der Waals surface area contributed by atoms with Crippen molar-refractivity contribution in [2.75, 3.05) is 32.4 Å². The van der Waals surface area contributed by atoms with E-state index in [9.17, 15) is 4.79 Å². The molecule has 166 valence electrons. The van der Waals surface area contributed by atoms with Crippen molar-refractivity contribution >= 4 is 23.5 Å². The zero-order valence-corrected chi connectivity index (χ0v) is 19.6. The average Bonchev–Trinajstić information content (AvgIpc) is 3.12. The number of methoxy groups -OCH3 is 3. The van der Waals surface area contributed by atoms with Gasteiger partial charge in [0.2, 0.25) is 16.9 Å². The van der Waals surface area contributed by atoms with E-state index in [1.165, 1.54) is 0 Å². The largest absolute Gasteiger partial charge is 0.493 e. The summed E-state index contributed by atoms with van der Waals surface area (Å²) in [5.74, 6) is 3.14. The van der Waals surface area contributed by atoms with Gasteiger partial charge in [-0.2, -0.15) is 4.98 Å². The van der Waals surface area contributed by atoms with Crippen LogP contribution in [0, 0.1) is 5.41 Å². The van der Waals surface area contributed by atoms with E-state index in [0.717, 1.165) is 23.4 Å². The lowest BCUT2D eigenvalue weighted by Crippen LogP contribution is -2.36. The van der Waals surface area contributed by atoms with Gasteiger partial charge >= 0.3 is 0 Å². The molecule has 1 aliphatic carbocycles. The number of nitrogens with zero attached hydrogens (tertiary/aromatic N) is 3. The maximum absolute atomic E-state index is 13.4. The van der Waals surface area contributed by atoms with Crippen LogP contribution in [0.25, 0.3) is 0 Å². The van der Waals surface area contributed by atoms with Crippen molar-refractivity contribution in [3.8, 4) is 17.2 Å². The van der Waals surface area contributed by atoms with Gasteiger partial charge in [-0.25, -0.2) is 4.68 Å². The summed E-state index contributed by atoms with van der Waals surface area (Å²) < 4.78 is 18.6. The number of benzene rings is 1. The van der Waals surface area contributed by atoms with E-state index < -0.39 is 6.04 Å². The van der Waals surface area contributed by atoms with E-state index in [1.807, 2.05) is 12.1 Å². The number of anilines is 1. The van der Waals surface area contributed by atoms with E-state index in [-0.39, 0.29) is 11.2 Å². The summed E-state index contributed by atoms with van der Waals surface area (Å²) in [6.45, 7) is 6.28. The van der Waals surface area contributed by atoms with Gasteiger partial charge in [-0.1, -0.05) is 32.5 Å². The van der Waals surface area contributed by atoms with Crippen LogP contribution in [0.2, 0.25) is 0 Å². The summed E-state index contributed by atoms with van der Waals surface area (Å²) in [6.07, 6.45) is 1.23. The topological polar surface area (TPSA) is 87.5 Å². The lowest BCUT2D eigenvalue weighted by atomic mass is 9.73. The third kappa shape index (κ3) is 3.64. The number of ketones is 1. The van der Waals surface area contributed by atoms with Gasteiger partial charge < -0.3 is 19.5 Å². The molecule has 0 bridgehead atoms. The molecule has 8 nitrogen and oxygen atoms in total. The molecule has 9 heteroatoms. The Bertz CT molecular complexity index is 1060. The summed E-state index contributed by atoms with van der Waals surface area (Å²) >= 11 is 1.56. The molecular formula is C22H28N4O4S. The average molecular weight is 445 g/mol. The summed E-state index contributed by atoms with van der Waals surface area (Å²) in [5.41, 5.74) is 2.26. The first-order chi connectivity index (χ1) is 14.8. The Hall–Kier alpha value is -2.68. The van der Waals surface area contributed by atoms with E-state index in [1.54, 1.807) is 37.8 Å². The summed E-state index contributed by atoms with van der Waals surface area (Å²) in [7, 11) is 4.74. The first-order valence-corrected chi connectivity index (χ1v) is 11.2. The minimum atomic E-state index is -0.469. The molecule has 1 aliphatic heterocycles. The predicted octanol–water partition coefficient (Wildman–Crippen LogP) is 4.07. The van der Waals surface area contributed by atoms with Gasteiger partial charge in [-0.05, 0) is 29.7 Å². The third-order valence-corrected chi connectivity index (χ3v) is 6.33. The number of ether oxygens (including phenoxy) is 3. The molecule has 0 saturated carbocycles. The molecule has 2 aromatic rings. The summed E-state index contributed by atoms with van der Waals surface area (Å²) in [5, 5.41) is 8.78. The van der Waals surface area contributed by atoms with Crippen LogP contribution in [0.5, 0.6) is 17.2 Å². The number of hydrogen-bond donors (Lipinski definition) is 1. The van der Waals surface area contributed by atoms with E-state index >= 15 is 0 Å². The van der Waals surface area contributed by atoms with Crippen molar-refractivity contribution in [2.45, 2.75) is 44.8 Å². The number of carbonyl (C=O) groups excluding carboxylic acids is 1. The zero-order chi connectivity index (χ0) is 22.3. The standard InChI is InChI=1S/C22H28N4O4S/c1-7-31-21-24-20-23-13-10-22(2,3)11-14(27)16(13)17(26(20)25-21)12-8-9-15(28-4)19(30-6)18(12)29-5/h8-9,17H,7,10-11H2,1-6H3,(H,23,24,25)/t17-/m1/s1. The minimum Gasteiger partial charge on any atom is -0.493 e. The zero-order valence-electron chi connectivity index (χ0n) is 18.7. The lowest BCUT2D eigenvalue weighted by molar-refractivity contribution is -0.118. The monoisotopic (exact) mass is 444 g/mol. The Morgan fingerprint density at radius 1 is 1.16 bits per heavy atom. The second-order valence-electron chi connectivity index (χ2n) is 8.38. The highest BCUT2D eigenvalue weighted by Gasteiger charge is 2.43. The molecule has 0 unspecified atom stereocenters. The predicted molar refractivity (Wildman–Crippen MR) is 119 cm³/mol. The van der Waals surface area contributed by atoms with E-state index in [4.69, 9.17) is 19.3 Å². The molecule has 1 atom stereocenters. The fourth-order valence-electron chi connectivity index (χ4n) is 4.41. The maximum Gasteiger partial charge on any atom is 0.227 e.